The minimum Gasteiger partial charge on any atom is -0.310 e. The van der Waals surface area contributed by atoms with Crippen LogP contribution in [0.5, 0.6) is 0 Å². The molecule has 0 spiro atoms. The summed E-state index contributed by atoms with van der Waals surface area (Å²) in [5, 5.41) is 3.64. The van der Waals surface area contributed by atoms with Gasteiger partial charge in [-0.05, 0) is 49.4 Å². The van der Waals surface area contributed by atoms with Crippen LogP contribution in [0.4, 0.5) is 0 Å². The summed E-state index contributed by atoms with van der Waals surface area (Å²) in [4.78, 5) is 0. The summed E-state index contributed by atoms with van der Waals surface area (Å²) in [7, 11) is 0. The molecule has 2 aromatic carbocycles. The van der Waals surface area contributed by atoms with Crippen LogP contribution in [0.15, 0.2) is 48.5 Å². The van der Waals surface area contributed by atoms with E-state index in [-0.39, 0.29) is 0 Å². The van der Waals surface area contributed by atoms with Gasteiger partial charge in [-0.25, -0.2) is 0 Å². The summed E-state index contributed by atoms with van der Waals surface area (Å²) in [6.07, 6.45) is 3.37. The van der Waals surface area contributed by atoms with E-state index in [1.165, 1.54) is 22.3 Å². The van der Waals surface area contributed by atoms with Crippen LogP contribution in [-0.2, 0) is 12.8 Å². The standard InChI is InChI=1S/C20H27N/c1-4-17-9-7-11-19(15-17)20(21-5-2)13-12-18-10-6-8-16(3)14-18/h6-11,14-15,20-21H,4-5,12-13H2,1-3H3. The van der Waals surface area contributed by atoms with Crippen molar-refractivity contribution in [2.24, 2.45) is 0 Å². The van der Waals surface area contributed by atoms with Crippen molar-refractivity contribution in [3.8, 4) is 0 Å². The van der Waals surface area contributed by atoms with Crippen molar-refractivity contribution in [3.05, 3.63) is 70.8 Å². The first-order valence-electron chi connectivity index (χ1n) is 8.10. The van der Waals surface area contributed by atoms with Crippen molar-refractivity contribution in [1.29, 1.82) is 0 Å². The van der Waals surface area contributed by atoms with Crippen molar-refractivity contribution in [3.63, 3.8) is 0 Å². The Labute approximate surface area is 129 Å². The van der Waals surface area contributed by atoms with Gasteiger partial charge in [-0.2, -0.15) is 0 Å². The van der Waals surface area contributed by atoms with Crippen LogP contribution in [0.2, 0.25) is 0 Å². The molecule has 0 bridgehead atoms. The fraction of sp³-hybridized carbons (Fsp3) is 0.400. The molecule has 0 amide bonds. The molecule has 112 valence electrons. The zero-order valence-corrected chi connectivity index (χ0v) is 13.5. The van der Waals surface area contributed by atoms with E-state index in [1.54, 1.807) is 0 Å². The van der Waals surface area contributed by atoms with Crippen molar-refractivity contribution in [2.75, 3.05) is 6.54 Å². The van der Waals surface area contributed by atoms with Crippen LogP contribution >= 0.6 is 0 Å². The lowest BCUT2D eigenvalue weighted by atomic mass is 9.96. The van der Waals surface area contributed by atoms with E-state index in [1.807, 2.05) is 0 Å². The maximum atomic E-state index is 3.64. The van der Waals surface area contributed by atoms with Gasteiger partial charge in [0, 0.05) is 6.04 Å². The van der Waals surface area contributed by atoms with Gasteiger partial charge >= 0.3 is 0 Å². The first kappa shape index (κ1) is 15.8. The number of nitrogens with one attached hydrogen (secondary N) is 1. The van der Waals surface area contributed by atoms with Gasteiger partial charge in [-0.15, -0.1) is 0 Å². The van der Waals surface area contributed by atoms with E-state index in [0.717, 1.165) is 25.8 Å². The summed E-state index contributed by atoms with van der Waals surface area (Å²) < 4.78 is 0. The second kappa shape index (κ2) is 7.99. The van der Waals surface area contributed by atoms with Crippen molar-refractivity contribution < 1.29 is 0 Å². The zero-order valence-electron chi connectivity index (χ0n) is 13.5. The third-order valence-electron chi connectivity index (χ3n) is 4.02. The molecule has 0 fully saturated rings. The van der Waals surface area contributed by atoms with Gasteiger partial charge in [-0.1, -0.05) is 67.9 Å². The molecule has 0 saturated heterocycles. The topological polar surface area (TPSA) is 12.0 Å². The Balaban J connectivity index is 2.07. The van der Waals surface area contributed by atoms with E-state index < -0.39 is 0 Å². The minimum atomic E-state index is 0.446. The van der Waals surface area contributed by atoms with E-state index in [9.17, 15) is 0 Å². The summed E-state index contributed by atoms with van der Waals surface area (Å²) in [6, 6.07) is 18.3. The molecule has 2 rings (SSSR count). The second-order valence-corrected chi connectivity index (χ2v) is 5.74. The quantitative estimate of drug-likeness (QED) is 0.765. The Morgan fingerprint density at radius 2 is 1.71 bits per heavy atom. The van der Waals surface area contributed by atoms with Crippen LogP contribution in [0.1, 0.15) is 48.6 Å². The molecule has 0 saturated carbocycles. The molecular weight excluding hydrogens is 254 g/mol. The predicted octanol–water partition coefficient (Wildman–Crippen LogP) is 4.84. The normalized spacial score (nSPS) is 12.3. The van der Waals surface area contributed by atoms with E-state index in [2.05, 4.69) is 74.6 Å². The van der Waals surface area contributed by atoms with Gasteiger partial charge in [0.05, 0.1) is 0 Å². The molecule has 0 radical (unpaired) electrons. The SMILES string of the molecule is CCNC(CCc1cccc(C)c1)c1cccc(CC)c1. The number of aryl methyl sites for hydroxylation is 3. The first-order chi connectivity index (χ1) is 10.2. The number of hydrogen-bond donors (Lipinski definition) is 1. The summed E-state index contributed by atoms with van der Waals surface area (Å²) >= 11 is 0. The van der Waals surface area contributed by atoms with Gasteiger partial charge in [0.1, 0.15) is 0 Å². The van der Waals surface area contributed by atoms with Crippen LogP contribution in [0.3, 0.4) is 0 Å². The number of rotatable bonds is 7. The average Bonchev–Trinajstić information content (AvgIpc) is 2.51. The van der Waals surface area contributed by atoms with Crippen LogP contribution < -0.4 is 5.32 Å². The van der Waals surface area contributed by atoms with E-state index in [0.29, 0.717) is 6.04 Å². The number of benzene rings is 2. The van der Waals surface area contributed by atoms with Gasteiger partial charge < -0.3 is 5.32 Å². The molecule has 0 aliphatic carbocycles. The molecule has 1 unspecified atom stereocenters. The highest BCUT2D eigenvalue weighted by atomic mass is 14.9. The van der Waals surface area contributed by atoms with Crippen molar-refractivity contribution >= 4 is 0 Å². The van der Waals surface area contributed by atoms with E-state index >= 15 is 0 Å². The first-order valence-corrected chi connectivity index (χ1v) is 8.10. The molecule has 0 aromatic heterocycles. The van der Waals surface area contributed by atoms with Crippen molar-refractivity contribution in [2.45, 2.75) is 46.1 Å². The molecular formula is C20H27N. The summed E-state index contributed by atoms with van der Waals surface area (Å²) in [5.41, 5.74) is 5.62. The predicted molar refractivity (Wildman–Crippen MR) is 91.7 cm³/mol. The fourth-order valence-electron chi connectivity index (χ4n) is 2.84. The third kappa shape index (κ3) is 4.71. The Kier molecular flexibility index (Phi) is 6.01. The van der Waals surface area contributed by atoms with Gasteiger partial charge in [0.15, 0.2) is 0 Å². The Bertz CT molecular complexity index is 559. The average molecular weight is 281 g/mol. The Morgan fingerprint density at radius 3 is 2.43 bits per heavy atom. The molecule has 1 nitrogen and oxygen atoms in total. The Hall–Kier alpha value is -1.60. The lowest BCUT2D eigenvalue weighted by molar-refractivity contribution is 0.515. The van der Waals surface area contributed by atoms with Gasteiger partial charge in [0.25, 0.3) is 0 Å². The molecule has 1 heteroatoms. The molecule has 0 heterocycles. The highest BCUT2D eigenvalue weighted by Gasteiger charge is 2.10. The molecule has 0 aliphatic rings. The Morgan fingerprint density at radius 1 is 0.952 bits per heavy atom. The largest absolute Gasteiger partial charge is 0.310 e. The fourth-order valence-corrected chi connectivity index (χ4v) is 2.84. The number of hydrogen-bond acceptors (Lipinski definition) is 1. The molecule has 21 heavy (non-hydrogen) atoms. The lowest BCUT2D eigenvalue weighted by Gasteiger charge is -2.19. The van der Waals surface area contributed by atoms with Crippen LogP contribution in [0, 0.1) is 6.92 Å². The highest BCUT2D eigenvalue weighted by Crippen LogP contribution is 2.21. The lowest BCUT2D eigenvalue weighted by Crippen LogP contribution is -2.21. The molecule has 0 aliphatic heterocycles. The van der Waals surface area contributed by atoms with Crippen LogP contribution in [-0.4, -0.2) is 6.54 Å². The van der Waals surface area contributed by atoms with Crippen LogP contribution in [0.25, 0.3) is 0 Å². The highest BCUT2D eigenvalue weighted by molar-refractivity contribution is 5.27. The second-order valence-electron chi connectivity index (χ2n) is 5.74. The zero-order chi connectivity index (χ0) is 15.1. The minimum absolute atomic E-state index is 0.446. The summed E-state index contributed by atoms with van der Waals surface area (Å²) in [5.74, 6) is 0. The van der Waals surface area contributed by atoms with Gasteiger partial charge in [0.2, 0.25) is 0 Å². The molecule has 2 aromatic rings. The van der Waals surface area contributed by atoms with Gasteiger partial charge in [-0.3, -0.25) is 0 Å². The maximum Gasteiger partial charge on any atom is 0.0323 e. The monoisotopic (exact) mass is 281 g/mol. The summed E-state index contributed by atoms with van der Waals surface area (Å²) in [6.45, 7) is 7.57. The molecule has 1 N–H and O–H groups in total. The maximum absolute atomic E-state index is 3.64. The van der Waals surface area contributed by atoms with Crippen molar-refractivity contribution in [1.82, 2.24) is 5.32 Å². The smallest absolute Gasteiger partial charge is 0.0323 e. The molecule has 1 atom stereocenters. The third-order valence-corrected chi connectivity index (χ3v) is 4.02. The van der Waals surface area contributed by atoms with E-state index in [4.69, 9.17) is 0 Å².